The first-order valence-electron chi connectivity index (χ1n) is 5.59. The molecule has 7 nitrogen and oxygen atoms in total. The summed E-state index contributed by atoms with van der Waals surface area (Å²) in [6.07, 6.45) is 1.55. The van der Waals surface area contributed by atoms with E-state index in [1.807, 2.05) is 0 Å². The van der Waals surface area contributed by atoms with Gasteiger partial charge in [0.2, 0.25) is 10.0 Å². The number of nitrogens with two attached hydrogens (primary N) is 1. The largest absolute Gasteiger partial charge is 0.478 e. The lowest BCUT2D eigenvalue weighted by Crippen LogP contribution is -2.22. The van der Waals surface area contributed by atoms with Crippen molar-refractivity contribution in [3.8, 4) is 0 Å². The Hall–Kier alpha value is -1.45. The maximum absolute atomic E-state index is 11.2. The number of nitrogens with one attached hydrogen (secondary N) is 1. The van der Waals surface area contributed by atoms with Gasteiger partial charge in [0.25, 0.3) is 0 Å². The second kappa shape index (κ2) is 6.33. The highest BCUT2D eigenvalue weighted by Crippen LogP contribution is 2.20. The fourth-order valence-corrected chi connectivity index (χ4v) is 2.26. The molecule has 0 fully saturated rings. The van der Waals surface area contributed by atoms with Gasteiger partial charge < -0.3 is 10.4 Å². The first-order valence-corrected chi connectivity index (χ1v) is 8.76. The quantitative estimate of drug-likeness (QED) is 0.688. The van der Waals surface area contributed by atoms with Crippen LogP contribution in [0.5, 0.6) is 0 Å². The molecule has 2 atom stereocenters. The molecule has 0 saturated heterocycles. The summed E-state index contributed by atoms with van der Waals surface area (Å²) in [5, 5.41) is 16.7. The highest BCUT2D eigenvalue weighted by molar-refractivity contribution is 7.89. The van der Waals surface area contributed by atoms with E-state index in [0.29, 0.717) is 6.54 Å². The zero-order valence-electron chi connectivity index (χ0n) is 11.0. The van der Waals surface area contributed by atoms with Gasteiger partial charge in [-0.05, 0) is 25.1 Å². The number of rotatable bonds is 6. The van der Waals surface area contributed by atoms with Crippen molar-refractivity contribution in [1.29, 1.82) is 0 Å². The number of primary sulfonamides is 1. The van der Waals surface area contributed by atoms with Crippen molar-refractivity contribution >= 4 is 32.5 Å². The molecule has 0 spiro atoms. The van der Waals surface area contributed by atoms with Gasteiger partial charge in [-0.3, -0.25) is 4.21 Å². The molecule has 0 amide bonds. The minimum Gasteiger partial charge on any atom is -0.478 e. The van der Waals surface area contributed by atoms with Crippen LogP contribution in [0.2, 0.25) is 0 Å². The number of aromatic carboxylic acids is 1. The van der Waals surface area contributed by atoms with Crippen LogP contribution in [0, 0.1) is 0 Å². The molecule has 0 aliphatic carbocycles. The van der Waals surface area contributed by atoms with E-state index in [2.05, 4.69) is 5.32 Å². The van der Waals surface area contributed by atoms with Crippen LogP contribution < -0.4 is 10.5 Å². The van der Waals surface area contributed by atoms with Crippen LogP contribution in [0.4, 0.5) is 5.69 Å². The zero-order chi connectivity index (χ0) is 15.5. The molecule has 0 bridgehead atoms. The number of benzene rings is 1. The van der Waals surface area contributed by atoms with Gasteiger partial charge >= 0.3 is 5.97 Å². The summed E-state index contributed by atoms with van der Waals surface area (Å²) in [4.78, 5) is 10.9. The Balaban J connectivity index is 3.09. The highest BCUT2D eigenvalue weighted by atomic mass is 32.2. The van der Waals surface area contributed by atoms with Crippen LogP contribution in [-0.4, -0.2) is 41.8 Å². The zero-order valence-corrected chi connectivity index (χ0v) is 12.6. The molecule has 2 unspecified atom stereocenters. The summed E-state index contributed by atoms with van der Waals surface area (Å²) in [6.45, 7) is 2.06. The third-order valence-electron chi connectivity index (χ3n) is 2.70. The van der Waals surface area contributed by atoms with Crippen molar-refractivity contribution in [3.05, 3.63) is 23.8 Å². The van der Waals surface area contributed by atoms with Crippen molar-refractivity contribution in [2.24, 2.45) is 5.14 Å². The van der Waals surface area contributed by atoms with E-state index in [1.54, 1.807) is 13.2 Å². The monoisotopic (exact) mass is 320 g/mol. The van der Waals surface area contributed by atoms with Crippen LogP contribution in [-0.2, 0) is 20.8 Å². The van der Waals surface area contributed by atoms with Gasteiger partial charge in [-0.2, -0.15) is 0 Å². The highest BCUT2D eigenvalue weighted by Gasteiger charge is 2.16. The second-order valence-corrected chi connectivity index (χ2v) is 7.61. The molecule has 0 heterocycles. The Kier molecular flexibility index (Phi) is 5.26. The summed E-state index contributed by atoms with van der Waals surface area (Å²) >= 11 is 0. The Labute approximate surface area is 119 Å². The van der Waals surface area contributed by atoms with Gasteiger partial charge in [0, 0.05) is 34.5 Å². The molecule has 0 radical (unpaired) electrons. The van der Waals surface area contributed by atoms with Crippen molar-refractivity contribution in [3.63, 3.8) is 0 Å². The lowest BCUT2D eigenvalue weighted by Gasteiger charge is -2.13. The molecular weight excluding hydrogens is 304 g/mol. The molecule has 0 aliphatic rings. The Morgan fingerprint density at radius 3 is 2.55 bits per heavy atom. The molecule has 112 valence electrons. The van der Waals surface area contributed by atoms with Gasteiger partial charge in [-0.15, -0.1) is 0 Å². The molecule has 20 heavy (non-hydrogen) atoms. The van der Waals surface area contributed by atoms with E-state index in [4.69, 9.17) is 10.2 Å². The first-order chi connectivity index (χ1) is 9.12. The summed E-state index contributed by atoms with van der Waals surface area (Å²) < 4.78 is 33.6. The molecule has 0 aromatic heterocycles. The second-order valence-electron chi connectivity index (χ2n) is 4.25. The summed E-state index contributed by atoms with van der Waals surface area (Å²) in [7, 11) is -5.01. The number of hydrogen-bond acceptors (Lipinski definition) is 5. The molecule has 0 saturated carbocycles. The van der Waals surface area contributed by atoms with Crippen LogP contribution in [0.1, 0.15) is 17.3 Å². The summed E-state index contributed by atoms with van der Waals surface area (Å²) in [5.41, 5.74) is 0.0489. The van der Waals surface area contributed by atoms with Gasteiger partial charge in [0.05, 0.1) is 10.5 Å². The maximum Gasteiger partial charge on any atom is 0.337 e. The number of hydrogen-bond donors (Lipinski definition) is 3. The average Bonchev–Trinajstić information content (AvgIpc) is 2.34. The Morgan fingerprint density at radius 1 is 1.50 bits per heavy atom. The van der Waals surface area contributed by atoms with Crippen molar-refractivity contribution < 1.29 is 22.5 Å². The molecule has 0 aliphatic heterocycles. The lowest BCUT2D eigenvalue weighted by molar-refractivity contribution is 0.0697. The fourth-order valence-electron chi connectivity index (χ4n) is 1.40. The average molecular weight is 320 g/mol. The lowest BCUT2D eigenvalue weighted by atomic mass is 10.2. The van der Waals surface area contributed by atoms with Gasteiger partial charge in [0.1, 0.15) is 0 Å². The number of carboxylic acids is 1. The summed E-state index contributed by atoms with van der Waals surface area (Å²) in [5.74, 6) is -1.27. The normalized spacial score (nSPS) is 14.6. The predicted octanol–water partition coefficient (Wildman–Crippen LogP) is 0.211. The van der Waals surface area contributed by atoms with Gasteiger partial charge in [0.15, 0.2) is 0 Å². The van der Waals surface area contributed by atoms with Gasteiger partial charge in [-0.1, -0.05) is 0 Å². The molecule has 1 rings (SSSR count). The van der Waals surface area contributed by atoms with Crippen molar-refractivity contribution in [2.75, 3.05) is 18.1 Å². The van der Waals surface area contributed by atoms with Gasteiger partial charge in [-0.25, -0.2) is 18.4 Å². The number of anilines is 1. The maximum atomic E-state index is 11.2. The molecular formula is C11H16N2O5S2. The third kappa shape index (κ3) is 4.29. The first kappa shape index (κ1) is 16.6. The third-order valence-corrected chi connectivity index (χ3v) is 4.91. The van der Waals surface area contributed by atoms with Crippen molar-refractivity contribution in [2.45, 2.75) is 17.1 Å². The topological polar surface area (TPSA) is 127 Å². The van der Waals surface area contributed by atoms with Crippen LogP contribution in [0.3, 0.4) is 0 Å². The Bertz CT molecular complexity index is 642. The number of sulfonamides is 1. The molecule has 1 aromatic carbocycles. The van der Waals surface area contributed by atoms with Crippen LogP contribution in [0.25, 0.3) is 0 Å². The minimum atomic E-state index is -3.96. The fraction of sp³-hybridized carbons (Fsp3) is 0.364. The van der Waals surface area contributed by atoms with E-state index in [0.717, 1.165) is 6.07 Å². The number of carbonyl (C=O) groups is 1. The smallest absolute Gasteiger partial charge is 0.337 e. The van der Waals surface area contributed by atoms with Crippen LogP contribution >= 0.6 is 0 Å². The van der Waals surface area contributed by atoms with E-state index >= 15 is 0 Å². The SMILES string of the molecule is CC(CNc1ccc(S(N)(=O)=O)cc1C(=O)O)S(C)=O. The Morgan fingerprint density at radius 2 is 2.10 bits per heavy atom. The standard InChI is InChI=1S/C11H16N2O5S2/c1-7(19(2)16)6-13-10-4-3-8(20(12,17)18)5-9(10)11(14)15/h3-5,7,13H,6H2,1-2H3,(H,14,15)(H2,12,17,18). The van der Waals surface area contributed by atoms with E-state index < -0.39 is 26.8 Å². The van der Waals surface area contributed by atoms with Crippen molar-refractivity contribution in [1.82, 2.24) is 0 Å². The van der Waals surface area contributed by atoms with E-state index in [9.17, 15) is 17.4 Å². The molecule has 9 heteroatoms. The molecule has 1 aromatic rings. The van der Waals surface area contributed by atoms with E-state index in [-0.39, 0.29) is 21.4 Å². The number of carboxylic acid groups (broad SMARTS) is 1. The molecule has 4 N–H and O–H groups in total. The van der Waals surface area contributed by atoms with Crippen LogP contribution in [0.15, 0.2) is 23.1 Å². The predicted molar refractivity (Wildman–Crippen MR) is 76.8 cm³/mol. The minimum absolute atomic E-state index is 0.172. The van der Waals surface area contributed by atoms with E-state index in [1.165, 1.54) is 12.1 Å². The summed E-state index contributed by atoms with van der Waals surface area (Å²) in [6, 6.07) is 3.54.